The number of ether oxygens (including phenoxy) is 1. The first kappa shape index (κ1) is 14.3. The molecule has 0 unspecified atom stereocenters. The number of carbonyl (C=O) groups excluding carboxylic acids is 1. The molecule has 8 heteroatoms. The van der Waals surface area contributed by atoms with Gasteiger partial charge >= 0.3 is 12.1 Å². The van der Waals surface area contributed by atoms with Crippen molar-refractivity contribution < 1.29 is 35.9 Å². The van der Waals surface area contributed by atoms with Crippen LogP contribution >= 0.6 is 0 Å². The molecular weight excluding hydrogens is 266 g/mol. The van der Waals surface area contributed by atoms with E-state index in [1.54, 1.807) is 0 Å². The van der Waals surface area contributed by atoms with Gasteiger partial charge < -0.3 is 4.74 Å². The van der Waals surface area contributed by atoms with Crippen molar-refractivity contribution in [3.63, 3.8) is 0 Å². The first-order valence-corrected chi connectivity index (χ1v) is 4.49. The minimum atomic E-state index is -5.76. The van der Waals surface area contributed by atoms with Gasteiger partial charge in [0.05, 0.1) is 0 Å². The highest BCUT2D eigenvalue weighted by molar-refractivity contribution is 5.75. The Kier molecular flexibility index (Phi) is 3.88. The highest BCUT2D eigenvalue weighted by Crippen LogP contribution is 2.35. The molecule has 0 atom stereocenters. The summed E-state index contributed by atoms with van der Waals surface area (Å²) in [7, 11) is 0. The van der Waals surface area contributed by atoms with Crippen LogP contribution in [0.25, 0.3) is 0 Å². The van der Waals surface area contributed by atoms with Gasteiger partial charge in [-0.3, -0.25) is 4.79 Å². The van der Waals surface area contributed by atoms with Crippen LogP contribution < -0.4 is 4.74 Å². The SMILES string of the molecule is O=Cc1cc(F)cc(OCC(F)(F)C(F)(F)F)c1. The van der Waals surface area contributed by atoms with Crippen molar-refractivity contribution in [1.29, 1.82) is 0 Å². The number of rotatable bonds is 4. The van der Waals surface area contributed by atoms with E-state index >= 15 is 0 Å². The average molecular weight is 272 g/mol. The second-order valence-electron chi connectivity index (χ2n) is 3.33. The number of halogens is 6. The van der Waals surface area contributed by atoms with E-state index < -0.39 is 30.3 Å². The second-order valence-corrected chi connectivity index (χ2v) is 3.33. The highest BCUT2D eigenvalue weighted by Gasteiger charge is 2.58. The molecule has 18 heavy (non-hydrogen) atoms. The van der Waals surface area contributed by atoms with Crippen LogP contribution in [0.2, 0.25) is 0 Å². The summed E-state index contributed by atoms with van der Waals surface area (Å²) in [5.41, 5.74) is -0.236. The van der Waals surface area contributed by atoms with Crippen molar-refractivity contribution in [2.75, 3.05) is 6.61 Å². The Hall–Kier alpha value is -1.73. The summed E-state index contributed by atoms with van der Waals surface area (Å²) in [4.78, 5) is 10.3. The fraction of sp³-hybridized carbons (Fsp3) is 0.300. The molecule has 1 aromatic carbocycles. The van der Waals surface area contributed by atoms with E-state index in [1.807, 2.05) is 0 Å². The van der Waals surface area contributed by atoms with Crippen molar-refractivity contribution in [3.8, 4) is 5.75 Å². The summed E-state index contributed by atoms with van der Waals surface area (Å²) in [5, 5.41) is 0. The Morgan fingerprint density at radius 1 is 1.11 bits per heavy atom. The van der Waals surface area contributed by atoms with E-state index in [1.165, 1.54) is 0 Å². The smallest absolute Gasteiger partial charge is 0.456 e. The van der Waals surface area contributed by atoms with Crippen LogP contribution in [0.15, 0.2) is 18.2 Å². The molecule has 0 aromatic heterocycles. The van der Waals surface area contributed by atoms with Gasteiger partial charge in [0.25, 0.3) is 0 Å². The molecule has 100 valence electrons. The predicted molar refractivity (Wildman–Crippen MR) is 48.3 cm³/mol. The highest BCUT2D eigenvalue weighted by atomic mass is 19.4. The molecular formula is C10H6F6O2. The van der Waals surface area contributed by atoms with Crippen molar-refractivity contribution in [2.45, 2.75) is 12.1 Å². The summed E-state index contributed by atoms with van der Waals surface area (Å²) < 4.78 is 77.3. The number of hydrogen-bond donors (Lipinski definition) is 0. The lowest BCUT2D eigenvalue weighted by atomic mass is 10.2. The molecule has 0 N–H and O–H groups in total. The number of carbonyl (C=O) groups is 1. The van der Waals surface area contributed by atoms with Gasteiger partial charge in [-0.2, -0.15) is 22.0 Å². The minimum absolute atomic E-state index is 0.206. The monoisotopic (exact) mass is 272 g/mol. The van der Waals surface area contributed by atoms with E-state index in [0.29, 0.717) is 6.07 Å². The van der Waals surface area contributed by atoms with E-state index in [4.69, 9.17) is 0 Å². The van der Waals surface area contributed by atoms with Crippen LogP contribution in [0.4, 0.5) is 26.3 Å². The standard InChI is InChI=1S/C10H6F6O2/c11-7-1-6(4-17)2-8(3-7)18-5-9(12,13)10(14,15)16/h1-4H,5H2. The van der Waals surface area contributed by atoms with Gasteiger partial charge in [-0.25, -0.2) is 4.39 Å². The molecule has 0 amide bonds. The maximum Gasteiger partial charge on any atom is 0.456 e. The third-order valence-electron chi connectivity index (χ3n) is 1.86. The third kappa shape index (κ3) is 3.38. The lowest BCUT2D eigenvalue weighted by Crippen LogP contribution is -2.41. The molecule has 0 bridgehead atoms. The van der Waals surface area contributed by atoms with Crippen LogP contribution in [0, 0.1) is 5.82 Å². The molecule has 0 aliphatic rings. The Balaban J connectivity index is 2.81. The Morgan fingerprint density at radius 2 is 1.72 bits per heavy atom. The summed E-state index contributed by atoms with van der Waals surface area (Å²) in [6, 6.07) is 2.23. The molecule has 0 spiro atoms. The molecule has 2 nitrogen and oxygen atoms in total. The second kappa shape index (κ2) is 4.87. The molecule has 0 aliphatic heterocycles. The number of benzene rings is 1. The van der Waals surface area contributed by atoms with E-state index in [9.17, 15) is 31.1 Å². The summed E-state index contributed by atoms with van der Waals surface area (Å²) in [6.07, 6.45) is -5.55. The molecule has 0 heterocycles. The van der Waals surface area contributed by atoms with E-state index in [2.05, 4.69) is 4.74 Å². The zero-order valence-electron chi connectivity index (χ0n) is 8.60. The maximum atomic E-state index is 12.8. The molecule has 1 rings (SSSR count). The Bertz CT molecular complexity index is 440. The summed E-state index contributed by atoms with van der Waals surface area (Å²) in [5.74, 6) is -6.62. The number of aldehydes is 1. The lowest BCUT2D eigenvalue weighted by molar-refractivity contribution is -0.290. The van der Waals surface area contributed by atoms with E-state index in [0.717, 1.165) is 12.1 Å². The van der Waals surface area contributed by atoms with Crippen LogP contribution in [0.1, 0.15) is 10.4 Å². The topological polar surface area (TPSA) is 26.3 Å². The van der Waals surface area contributed by atoms with Gasteiger partial charge in [0.15, 0.2) is 6.61 Å². The third-order valence-corrected chi connectivity index (χ3v) is 1.86. The Morgan fingerprint density at radius 3 is 2.22 bits per heavy atom. The van der Waals surface area contributed by atoms with Crippen molar-refractivity contribution in [1.82, 2.24) is 0 Å². The van der Waals surface area contributed by atoms with Crippen LogP contribution in [-0.4, -0.2) is 25.0 Å². The molecule has 0 saturated heterocycles. The quantitative estimate of drug-likeness (QED) is 0.621. The van der Waals surface area contributed by atoms with Gasteiger partial charge in [0.1, 0.15) is 17.9 Å². The minimum Gasteiger partial charge on any atom is -0.487 e. The van der Waals surface area contributed by atoms with Crippen LogP contribution in [0.3, 0.4) is 0 Å². The first-order chi connectivity index (χ1) is 8.15. The number of hydrogen-bond acceptors (Lipinski definition) is 2. The van der Waals surface area contributed by atoms with Gasteiger partial charge in [0, 0.05) is 11.6 Å². The zero-order valence-corrected chi connectivity index (χ0v) is 8.60. The van der Waals surface area contributed by atoms with E-state index in [-0.39, 0.29) is 11.8 Å². The molecule has 0 saturated carbocycles. The predicted octanol–water partition coefficient (Wildman–Crippen LogP) is 3.21. The lowest BCUT2D eigenvalue weighted by Gasteiger charge is -2.19. The van der Waals surface area contributed by atoms with Crippen molar-refractivity contribution in [3.05, 3.63) is 29.6 Å². The average Bonchev–Trinajstić information content (AvgIpc) is 2.24. The van der Waals surface area contributed by atoms with Crippen LogP contribution in [0.5, 0.6) is 5.75 Å². The normalized spacial score (nSPS) is 12.3. The maximum absolute atomic E-state index is 12.8. The van der Waals surface area contributed by atoms with Crippen molar-refractivity contribution >= 4 is 6.29 Å². The molecule has 1 aromatic rings. The summed E-state index contributed by atoms with van der Waals surface area (Å²) in [6.45, 7) is -1.99. The largest absolute Gasteiger partial charge is 0.487 e. The zero-order chi connectivity index (χ0) is 14.0. The summed E-state index contributed by atoms with van der Waals surface area (Å²) >= 11 is 0. The van der Waals surface area contributed by atoms with Gasteiger partial charge in [-0.1, -0.05) is 0 Å². The van der Waals surface area contributed by atoms with Gasteiger partial charge in [-0.05, 0) is 12.1 Å². The van der Waals surface area contributed by atoms with Crippen molar-refractivity contribution in [2.24, 2.45) is 0 Å². The van der Waals surface area contributed by atoms with Gasteiger partial charge in [0.2, 0.25) is 0 Å². The molecule has 0 radical (unpaired) electrons. The fourth-order valence-corrected chi connectivity index (χ4v) is 0.992. The number of alkyl halides is 5. The van der Waals surface area contributed by atoms with Crippen LogP contribution in [-0.2, 0) is 0 Å². The molecule has 0 fully saturated rings. The molecule has 0 aliphatic carbocycles. The first-order valence-electron chi connectivity index (χ1n) is 4.49. The fourth-order valence-electron chi connectivity index (χ4n) is 0.992. The van der Waals surface area contributed by atoms with Gasteiger partial charge in [-0.15, -0.1) is 0 Å². The Labute approximate surface area is 97.2 Å².